The van der Waals surface area contributed by atoms with Crippen molar-refractivity contribution in [2.24, 2.45) is 17.8 Å². The van der Waals surface area contributed by atoms with E-state index in [4.69, 9.17) is 0 Å². The molecule has 0 aromatic heterocycles. The number of carbonyl (C=O) groups excluding carboxylic acids is 1. The molecule has 2 rings (SSSR count). The zero-order chi connectivity index (χ0) is 14.9. The quantitative estimate of drug-likeness (QED) is 0.850. The van der Waals surface area contributed by atoms with E-state index in [-0.39, 0.29) is 30.6 Å². The van der Waals surface area contributed by atoms with Crippen molar-refractivity contribution in [1.82, 2.24) is 4.90 Å². The summed E-state index contributed by atoms with van der Waals surface area (Å²) in [6.45, 7) is 2.87. The van der Waals surface area contributed by atoms with Crippen LogP contribution in [0.2, 0.25) is 0 Å². The van der Waals surface area contributed by atoms with Gasteiger partial charge in [0.05, 0.1) is 12.0 Å². The molecule has 0 spiro atoms. The van der Waals surface area contributed by atoms with Crippen molar-refractivity contribution < 1.29 is 23.1 Å². The van der Waals surface area contributed by atoms with Gasteiger partial charge in [0, 0.05) is 24.9 Å². The van der Waals surface area contributed by atoms with Crippen LogP contribution in [0.25, 0.3) is 0 Å². The summed E-state index contributed by atoms with van der Waals surface area (Å²) in [5.74, 6) is -1.42. The average molecular weight is 293 g/mol. The van der Waals surface area contributed by atoms with Gasteiger partial charge in [-0.05, 0) is 39.0 Å². The third-order valence-electron chi connectivity index (χ3n) is 4.76. The van der Waals surface area contributed by atoms with Crippen molar-refractivity contribution in [2.75, 3.05) is 13.1 Å². The largest absolute Gasteiger partial charge is 0.393 e. The molecule has 0 aromatic rings. The van der Waals surface area contributed by atoms with Crippen molar-refractivity contribution in [3.05, 3.63) is 0 Å². The first-order valence-corrected chi connectivity index (χ1v) is 7.32. The lowest BCUT2D eigenvalue weighted by atomic mass is 9.81. The number of halogens is 3. The highest BCUT2D eigenvalue weighted by Crippen LogP contribution is 2.40. The van der Waals surface area contributed by atoms with E-state index in [2.05, 4.69) is 0 Å². The maximum absolute atomic E-state index is 12.6. The minimum Gasteiger partial charge on any atom is -0.393 e. The van der Waals surface area contributed by atoms with Crippen molar-refractivity contribution in [3.63, 3.8) is 0 Å². The third-order valence-corrected chi connectivity index (χ3v) is 4.76. The van der Waals surface area contributed by atoms with E-state index >= 15 is 0 Å². The van der Waals surface area contributed by atoms with Crippen LogP contribution in [0.1, 0.15) is 39.0 Å². The molecule has 0 aromatic carbocycles. The second kappa shape index (κ2) is 5.92. The second-order valence-electron chi connectivity index (χ2n) is 6.16. The van der Waals surface area contributed by atoms with Crippen molar-refractivity contribution in [1.29, 1.82) is 0 Å². The fourth-order valence-electron chi connectivity index (χ4n) is 3.31. The standard InChI is InChI=1S/C14H22F3NO2/c1-9(19)11-6-7-18(8-11)13(20)10-2-4-12(5-3-10)14(15,16)17/h9-12,19H,2-8H2,1H3. The monoisotopic (exact) mass is 293 g/mol. The normalized spacial score (nSPS) is 33.2. The van der Waals surface area contributed by atoms with Crippen LogP contribution >= 0.6 is 0 Å². The molecule has 0 bridgehead atoms. The zero-order valence-corrected chi connectivity index (χ0v) is 11.7. The van der Waals surface area contributed by atoms with Crippen LogP contribution in [0.15, 0.2) is 0 Å². The molecule has 6 heteroatoms. The first-order chi connectivity index (χ1) is 9.29. The van der Waals surface area contributed by atoms with Gasteiger partial charge in [-0.15, -0.1) is 0 Å². The van der Waals surface area contributed by atoms with E-state index < -0.39 is 18.2 Å². The molecular weight excluding hydrogens is 271 g/mol. The second-order valence-corrected chi connectivity index (χ2v) is 6.16. The first kappa shape index (κ1) is 15.6. The summed E-state index contributed by atoms with van der Waals surface area (Å²) in [7, 11) is 0. The minimum atomic E-state index is -4.13. The highest BCUT2D eigenvalue weighted by Gasteiger charge is 2.43. The van der Waals surface area contributed by atoms with Crippen LogP contribution in [0, 0.1) is 17.8 Å². The molecule has 2 atom stereocenters. The molecule has 1 saturated carbocycles. The molecule has 2 fully saturated rings. The Hall–Kier alpha value is -0.780. The molecular formula is C14H22F3NO2. The van der Waals surface area contributed by atoms with Crippen LogP contribution in [0.5, 0.6) is 0 Å². The summed E-state index contributed by atoms with van der Waals surface area (Å²) < 4.78 is 37.8. The zero-order valence-electron chi connectivity index (χ0n) is 11.7. The number of alkyl halides is 3. The molecule has 20 heavy (non-hydrogen) atoms. The third kappa shape index (κ3) is 3.45. The number of hydrogen-bond acceptors (Lipinski definition) is 2. The minimum absolute atomic E-state index is 0.0197. The Morgan fingerprint density at radius 1 is 1.20 bits per heavy atom. The van der Waals surface area contributed by atoms with Gasteiger partial charge in [-0.1, -0.05) is 0 Å². The Labute approximate surface area is 117 Å². The highest BCUT2D eigenvalue weighted by atomic mass is 19.4. The highest BCUT2D eigenvalue weighted by molar-refractivity contribution is 5.79. The SMILES string of the molecule is CC(O)C1CCN(C(=O)C2CCC(C(F)(F)F)CC2)C1. The molecule has 0 radical (unpaired) electrons. The van der Waals surface area contributed by atoms with Gasteiger partial charge in [-0.25, -0.2) is 0 Å². The van der Waals surface area contributed by atoms with Crippen molar-refractivity contribution >= 4 is 5.91 Å². The number of amides is 1. The van der Waals surface area contributed by atoms with Gasteiger partial charge in [0.1, 0.15) is 0 Å². The number of likely N-dealkylation sites (tertiary alicyclic amines) is 1. The van der Waals surface area contributed by atoms with E-state index in [0.29, 0.717) is 25.9 Å². The average Bonchev–Trinajstić information content (AvgIpc) is 2.86. The summed E-state index contributed by atoms with van der Waals surface area (Å²) in [5.41, 5.74) is 0. The maximum atomic E-state index is 12.6. The van der Waals surface area contributed by atoms with Crippen LogP contribution in [-0.4, -0.2) is 41.3 Å². The summed E-state index contributed by atoms with van der Waals surface area (Å²) >= 11 is 0. The van der Waals surface area contributed by atoms with E-state index in [1.165, 1.54) is 0 Å². The molecule has 1 amide bonds. The van der Waals surface area contributed by atoms with Crippen LogP contribution < -0.4 is 0 Å². The molecule has 1 heterocycles. The molecule has 1 aliphatic carbocycles. The molecule has 2 aliphatic rings. The number of carbonyl (C=O) groups is 1. The number of aliphatic hydroxyl groups excluding tert-OH is 1. The maximum Gasteiger partial charge on any atom is 0.391 e. The Morgan fingerprint density at radius 2 is 1.80 bits per heavy atom. The molecule has 1 saturated heterocycles. The van der Waals surface area contributed by atoms with Gasteiger partial charge in [0.2, 0.25) is 5.91 Å². The fourth-order valence-corrected chi connectivity index (χ4v) is 3.31. The summed E-state index contributed by atoms with van der Waals surface area (Å²) in [4.78, 5) is 14.0. The van der Waals surface area contributed by atoms with E-state index in [9.17, 15) is 23.1 Å². The smallest absolute Gasteiger partial charge is 0.391 e. The number of hydrogen-bond donors (Lipinski definition) is 1. The van der Waals surface area contributed by atoms with Crippen LogP contribution in [0.3, 0.4) is 0 Å². The van der Waals surface area contributed by atoms with Gasteiger partial charge >= 0.3 is 6.18 Å². The summed E-state index contributed by atoms with van der Waals surface area (Å²) in [6.07, 6.45) is -2.99. The number of rotatable bonds is 2. The van der Waals surface area contributed by atoms with Gasteiger partial charge in [0.25, 0.3) is 0 Å². The number of nitrogens with zero attached hydrogens (tertiary/aromatic N) is 1. The van der Waals surface area contributed by atoms with Crippen molar-refractivity contribution in [2.45, 2.75) is 51.3 Å². The lowest BCUT2D eigenvalue weighted by molar-refractivity contribution is -0.185. The molecule has 1 aliphatic heterocycles. The topological polar surface area (TPSA) is 40.5 Å². The van der Waals surface area contributed by atoms with Crippen LogP contribution in [0.4, 0.5) is 13.2 Å². The Balaban J connectivity index is 1.84. The van der Waals surface area contributed by atoms with Gasteiger partial charge < -0.3 is 10.0 Å². The lowest BCUT2D eigenvalue weighted by Crippen LogP contribution is -2.38. The molecule has 2 unspecified atom stereocenters. The Bertz CT molecular complexity index is 349. The predicted molar refractivity (Wildman–Crippen MR) is 67.9 cm³/mol. The van der Waals surface area contributed by atoms with Gasteiger partial charge in [-0.2, -0.15) is 13.2 Å². The van der Waals surface area contributed by atoms with E-state index in [1.807, 2.05) is 0 Å². The fraction of sp³-hybridized carbons (Fsp3) is 0.929. The first-order valence-electron chi connectivity index (χ1n) is 7.32. The summed E-state index contributed by atoms with van der Waals surface area (Å²) in [5, 5.41) is 9.52. The van der Waals surface area contributed by atoms with E-state index in [0.717, 1.165) is 6.42 Å². The van der Waals surface area contributed by atoms with E-state index in [1.54, 1.807) is 11.8 Å². The predicted octanol–water partition coefficient (Wildman–Crippen LogP) is 2.58. The number of aliphatic hydroxyl groups is 1. The Kier molecular flexibility index (Phi) is 4.62. The summed E-state index contributed by atoms with van der Waals surface area (Å²) in [6, 6.07) is 0. The van der Waals surface area contributed by atoms with Gasteiger partial charge in [0.15, 0.2) is 0 Å². The molecule has 1 N–H and O–H groups in total. The Morgan fingerprint density at radius 3 is 2.25 bits per heavy atom. The molecule has 3 nitrogen and oxygen atoms in total. The van der Waals surface area contributed by atoms with Crippen LogP contribution in [-0.2, 0) is 4.79 Å². The lowest BCUT2D eigenvalue weighted by Gasteiger charge is -2.31. The van der Waals surface area contributed by atoms with Gasteiger partial charge in [-0.3, -0.25) is 4.79 Å². The van der Waals surface area contributed by atoms with Crippen molar-refractivity contribution in [3.8, 4) is 0 Å². The molecule has 116 valence electrons.